The number of nitrogens with zero attached hydrogens (tertiary/aromatic N) is 2. The van der Waals surface area contributed by atoms with Gasteiger partial charge in [-0.05, 0) is 48.0 Å². The van der Waals surface area contributed by atoms with E-state index in [1.54, 1.807) is 26.4 Å². The molecule has 0 aliphatic carbocycles. The number of methoxy groups -OCH3 is 2. The normalized spacial score (nSPS) is 17.1. The van der Waals surface area contributed by atoms with Crippen LogP contribution in [0.4, 0.5) is 17.1 Å². The van der Waals surface area contributed by atoms with Crippen molar-refractivity contribution in [1.82, 2.24) is 0 Å². The van der Waals surface area contributed by atoms with Crippen molar-refractivity contribution in [3.8, 4) is 11.5 Å². The summed E-state index contributed by atoms with van der Waals surface area (Å²) in [7, 11) is 3.20. The van der Waals surface area contributed by atoms with Crippen molar-refractivity contribution >= 4 is 40.3 Å². The summed E-state index contributed by atoms with van der Waals surface area (Å²) in [5, 5.41) is 15.9. The van der Waals surface area contributed by atoms with Crippen LogP contribution in [0, 0.1) is 0 Å². The minimum absolute atomic E-state index is 0.166. The van der Waals surface area contributed by atoms with E-state index in [9.17, 15) is 5.11 Å². The molecule has 0 aromatic heterocycles. The molecular weight excluding hydrogens is 449 g/mol. The van der Waals surface area contributed by atoms with Crippen LogP contribution < -0.4 is 24.6 Å². The third kappa shape index (κ3) is 3.45. The summed E-state index contributed by atoms with van der Waals surface area (Å²) < 4.78 is 11.0. The second-order valence-corrected chi connectivity index (χ2v) is 8.46. The number of para-hydroxylation sites is 2. The molecule has 3 aromatic rings. The molecule has 2 heterocycles. The zero-order chi connectivity index (χ0) is 22.4. The van der Waals surface area contributed by atoms with Gasteiger partial charge in [-0.2, -0.15) is 0 Å². The molecule has 2 aliphatic rings. The molecule has 164 valence electrons. The van der Waals surface area contributed by atoms with Crippen LogP contribution >= 0.6 is 23.2 Å². The van der Waals surface area contributed by atoms with E-state index >= 15 is 0 Å². The number of hydrogen-bond donors (Lipinski definition) is 2. The molecule has 8 heteroatoms. The smallest absolute Gasteiger partial charge is 0.160 e. The zero-order valence-corrected chi connectivity index (χ0v) is 19.0. The van der Waals surface area contributed by atoms with Crippen LogP contribution in [0.5, 0.6) is 11.5 Å². The quantitative estimate of drug-likeness (QED) is 0.475. The first-order valence-corrected chi connectivity index (χ1v) is 10.8. The van der Waals surface area contributed by atoms with Gasteiger partial charge in [-0.1, -0.05) is 35.3 Å². The summed E-state index contributed by atoms with van der Waals surface area (Å²) in [5.74, 6) is 2.07. The van der Waals surface area contributed by atoms with Crippen molar-refractivity contribution in [2.24, 2.45) is 0 Å². The van der Waals surface area contributed by atoms with E-state index < -0.39 is 6.04 Å². The highest BCUT2D eigenvalue weighted by Crippen LogP contribution is 2.46. The lowest BCUT2D eigenvalue weighted by Crippen LogP contribution is -2.46. The first-order chi connectivity index (χ1) is 15.5. The van der Waals surface area contributed by atoms with E-state index in [1.807, 2.05) is 53.4 Å². The Morgan fingerprint density at radius 3 is 2.25 bits per heavy atom. The van der Waals surface area contributed by atoms with Gasteiger partial charge in [0.15, 0.2) is 11.6 Å². The molecule has 3 aromatic carbocycles. The molecule has 32 heavy (non-hydrogen) atoms. The van der Waals surface area contributed by atoms with E-state index in [0.29, 0.717) is 34.0 Å². The molecule has 6 nitrogen and oxygen atoms in total. The minimum atomic E-state index is -0.526. The lowest BCUT2D eigenvalue weighted by atomic mass is 9.99. The Bertz CT molecular complexity index is 1190. The van der Waals surface area contributed by atoms with E-state index in [1.165, 1.54) is 0 Å². The lowest BCUT2D eigenvalue weighted by Gasteiger charge is -2.42. The van der Waals surface area contributed by atoms with Crippen LogP contribution in [0.2, 0.25) is 10.0 Å². The predicted octanol–water partition coefficient (Wildman–Crippen LogP) is 6.19. The van der Waals surface area contributed by atoms with Gasteiger partial charge in [-0.3, -0.25) is 0 Å². The summed E-state index contributed by atoms with van der Waals surface area (Å²) in [6.45, 7) is 0.463. The van der Waals surface area contributed by atoms with Crippen molar-refractivity contribution < 1.29 is 14.6 Å². The molecule has 0 spiro atoms. The first kappa shape index (κ1) is 20.7. The van der Waals surface area contributed by atoms with E-state index in [0.717, 1.165) is 22.6 Å². The number of hydrogen-bond acceptors (Lipinski definition) is 6. The molecule has 0 amide bonds. The summed E-state index contributed by atoms with van der Waals surface area (Å²) >= 11 is 12.7. The predicted molar refractivity (Wildman–Crippen MR) is 128 cm³/mol. The fraction of sp³-hybridized carbons (Fsp3) is 0.167. The molecule has 0 unspecified atom stereocenters. The largest absolute Gasteiger partial charge is 0.506 e. The SMILES string of the molecule is COc1cc(OC)cc([C@@H]2C(O)=C3Nc4ccccc4N3CN2c2cc(Cl)cc(Cl)c2)c1. The second-order valence-electron chi connectivity index (χ2n) is 7.59. The lowest BCUT2D eigenvalue weighted by molar-refractivity contribution is 0.340. The Kier molecular flexibility index (Phi) is 5.19. The molecule has 0 radical (unpaired) electrons. The minimum Gasteiger partial charge on any atom is -0.506 e. The number of fused-ring (bicyclic) bond motifs is 3. The topological polar surface area (TPSA) is 57.2 Å². The molecular formula is C24H21Cl2N3O3. The highest BCUT2D eigenvalue weighted by Gasteiger charge is 2.40. The maximum atomic E-state index is 11.5. The van der Waals surface area contributed by atoms with E-state index in [2.05, 4.69) is 10.2 Å². The highest BCUT2D eigenvalue weighted by atomic mass is 35.5. The number of anilines is 3. The fourth-order valence-electron chi connectivity index (χ4n) is 4.25. The summed E-state index contributed by atoms with van der Waals surface area (Å²) in [4.78, 5) is 4.09. The molecule has 0 bridgehead atoms. The van der Waals surface area contributed by atoms with Crippen molar-refractivity contribution in [3.05, 3.63) is 87.9 Å². The Hall–Kier alpha value is -3.22. The van der Waals surface area contributed by atoms with Crippen LogP contribution in [0.3, 0.4) is 0 Å². The molecule has 1 atom stereocenters. The number of ether oxygens (including phenoxy) is 2. The van der Waals surface area contributed by atoms with Gasteiger partial charge in [-0.25, -0.2) is 0 Å². The van der Waals surface area contributed by atoms with Gasteiger partial charge in [0.2, 0.25) is 0 Å². The van der Waals surface area contributed by atoms with Crippen molar-refractivity contribution in [3.63, 3.8) is 0 Å². The number of benzene rings is 3. The third-order valence-electron chi connectivity index (χ3n) is 5.69. The van der Waals surface area contributed by atoms with Crippen molar-refractivity contribution in [2.75, 3.05) is 36.0 Å². The van der Waals surface area contributed by atoms with Crippen LogP contribution in [0.25, 0.3) is 0 Å². The fourth-order valence-corrected chi connectivity index (χ4v) is 4.77. The van der Waals surface area contributed by atoms with Crippen molar-refractivity contribution in [1.29, 1.82) is 0 Å². The molecule has 0 saturated heterocycles. The van der Waals surface area contributed by atoms with Gasteiger partial charge in [0.25, 0.3) is 0 Å². The van der Waals surface area contributed by atoms with Crippen LogP contribution in [-0.2, 0) is 0 Å². The van der Waals surface area contributed by atoms with Crippen LogP contribution in [-0.4, -0.2) is 26.0 Å². The monoisotopic (exact) mass is 469 g/mol. The molecule has 2 N–H and O–H groups in total. The summed E-state index contributed by atoms with van der Waals surface area (Å²) in [6.07, 6.45) is 0. The highest BCUT2D eigenvalue weighted by molar-refractivity contribution is 6.35. The number of nitrogens with one attached hydrogen (secondary N) is 1. The van der Waals surface area contributed by atoms with Gasteiger partial charge in [0, 0.05) is 21.8 Å². The average molecular weight is 470 g/mol. The Labute approximate surface area is 196 Å². The maximum absolute atomic E-state index is 11.5. The number of aliphatic hydroxyl groups excluding tert-OH is 1. The second kappa shape index (κ2) is 8.04. The van der Waals surface area contributed by atoms with Crippen LogP contribution in [0.1, 0.15) is 11.6 Å². The molecule has 5 rings (SSSR count). The first-order valence-electron chi connectivity index (χ1n) is 10.0. The Morgan fingerprint density at radius 2 is 1.59 bits per heavy atom. The van der Waals surface area contributed by atoms with Crippen molar-refractivity contribution in [2.45, 2.75) is 6.04 Å². The van der Waals surface area contributed by atoms with Crippen LogP contribution in [0.15, 0.2) is 72.2 Å². The summed E-state index contributed by atoms with van der Waals surface area (Å²) in [6, 6.07) is 18.3. The van der Waals surface area contributed by atoms with Gasteiger partial charge in [-0.15, -0.1) is 0 Å². The van der Waals surface area contributed by atoms with Gasteiger partial charge in [0.1, 0.15) is 17.5 Å². The third-order valence-corrected chi connectivity index (χ3v) is 6.13. The molecule has 0 fully saturated rings. The van der Waals surface area contributed by atoms with Gasteiger partial charge in [0.05, 0.1) is 32.3 Å². The van der Waals surface area contributed by atoms with Gasteiger partial charge >= 0.3 is 0 Å². The Morgan fingerprint density at radius 1 is 0.938 bits per heavy atom. The summed E-state index contributed by atoms with van der Waals surface area (Å²) in [5.41, 5.74) is 3.50. The van der Waals surface area contributed by atoms with E-state index in [-0.39, 0.29) is 5.76 Å². The van der Waals surface area contributed by atoms with E-state index in [4.69, 9.17) is 32.7 Å². The molecule has 2 aliphatic heterocycles. The molecule has 0 saturated carbocycles. The average Bonchev–Trinajstić information content (AvgIpc) is 3.17. The number of halogens is 2. The standard InChI is InChI=1S/C24H21Cl2N3O3/c1-31-18-7-14(8-19(12-18)32-2)22-23(30)24-27-20-5-3-4-6-21(20)29(24)13-28(22)17-10-15(25)9-16(26)11-17/h3-12,22,27,30H,13H2,1-2H3/t22-/m1/s1. The maximum Gasteiger partial charge on any atom is 0.160 e. The Balaban J connectivity index is 1.71. The zero-order valence-electron chi connectivity index (χ0n) is 17.5. The van der Waals surface area contributed by atoms with Gasteiger partial charge < -0.3 is 29.7 Å². The number of aliphatic hydroxyl groups is 1. The number of rotatable bonds is 4.